The fourth-order valence-electron chi connectivity index (χ4n) is 3.12. The zero-order valence-electron chi connectivity index (χ0n) is 16.8. The van der Waals surface area contributed by atoms with Crippen LogP contribution in [0.1, 0.15) is 0 Å². The van der Waals surface area contributed by atoms with Gasteiger partial charge in [-0.3, -0.25) is 34.0 Å². The van der Waals surface area contributed by atoms with Crippen LogP contribution in [0.2, 0.25) is 0 Å². The van der Waals surface area contributed by atoms with E-state index in [2.05, 4.69) is 10.2 Å². The minimum atomic E-state index is -0.969. The summed E-state index contributed by atoms with van der Waals surface area (Å²) in [6.07, 6.45) is 0. The maximum atomic E-state index is 11.2. The van der Waals surface area contributed by atoms with Gasteiger partial charge in [0.1, 0.15) is 0 Å². The third kappa shape index (κ3) is 12.4. The van der Waals surface area contributed by atoms with Crippen LogP contribution in [0.5, 0.6) is 0 Å². The monoisotopic (exact) mass is 418 g/mol. The van der Waals surface area contributed by atoms with E-state index < -0.39 is 17.9 Å². The highest BCUT2D eigenvalue weighted by Crippen LogP contribution is 2.01. The van der Waals surface area contributed by atoms with E-state index in [4.69, 9.17) is 10.8 Å². The number of aliphatic carboxylic acids is 3. The van der Waals surface area contributed by atoms with Gasteiger partial charge < -0.3 is 26.4 Å². The molecule has 1 aliphatic heterocycles. The molecule has 12 heteroatoms. The Morgan fingerprint density at radius 3 is 1.24 bits per heavy atom. The molecule has 0 amide bonds. The van der Waals surface area contributed by atoms with Gasteiger partial charge in [0.2, 0.25) is 0 Å². The van der Waals surface area contributed by atoms with Crippen LogP contribution in [-0.4, -0.2) is 145 Å². The van der Waals surface area contributed by atoms with Crippen molar-refractivity contribution in [1.82, 2.24) is 24.9 Å². The van der Waals surface area contributed by atoms with Crippen LogP contribution in [0.15, 0.2) is 0 Å². The molecule has 0 bridgehead atoms. The Hall–Kier alpha value is -1.83. The average Bonchev–Trinajstić information content (AvgIpc) is 2.62. The van der Waals surface area contributed by atoms with Crippen molar-refractivity contribution in [2.24, 2.45) is 5.73 Å². The summed E-state index contributed by atoms with van der Waals surface area (Å²) >= 11 is 0. The van der Waals surface area contributed by atoms with Crippen molar-refractivity contribution in [2.45, 2.75) is 0 Å². The molecule has 1 saturated heterocycles. The average molecular weight is 418 g/mol. The number of hydrogen-bond acceptors (Lipinski definition) is 9. The number of rotatable bonds is 10. The molecule has 29 heavy (non-hydrogen) atoms. The molecule has 12 nitrogen and oxygen atoms in total. The summed E-state index contributed by atoms with van der Waals surface area (Å²) in [4.78, 5) is 40.9. The summed E-state index contributed by atoms with van der Waals surface area (Å²) in [5.74, 6) is -2.83. The first kappa shape index (κ1) is 25.2. The van der Waals surface area contributed by atoms with Gasteiger partial charge in [0.25, 0.3) is 0 Å². The van der Waals surface area contributed by atoms with Gasteiger partial charge in [-0.15, -0.1) is 0 Å². The summed E-state index contributed by atoms with van der Waals surface area (Å²) in [7, 11) is 0. The fraction of sp³-hybridized carbons (Fsp3) is 0.824. The normalized spacial score (nSPS) is 19.3. The summed E-state index contributed by atoms with van der Waals surface area (Å²) in [5, 5.41) is 30.7. The van der Waals surface area contributed by atoms with E-state index in [0.29, 0.717) is 72.1 Å². The summed E-state index contributed by atoms with van der Waals surface area (Å²) in [6.45, 7) is 5.18. The Balaban J connectivity index is 2.85. The van der Waals surface area contributed by atoms with E-state index in [1.165, 1.54) is 0 Å². The molecular weight excluding hydrogens is 384 g/mol. The standard InChI is InChI=1S/C17H34N6O6/c18-1-2-19-14-23-9-7-21(12-16(26)27)5-3-20(11-15(24)25)4-6-22(8-10-23)13-17(28)29/h19H,1-14,18H2,(H,24,25)(H,26,27)(H,28,29). The molecule has 168 valence electrons. The van der Waals surface area contributed by atoms with E-state index in [1.54, 1.807) is 14.7 Å². The molecule has 1 heterocycles. The van der Waals surface area contributed by atoms with Crippen LogP contribution in [0.3, 0.4) is 0 Å². The topological polar surface area (TPSA) is 163 Å². The highest BCUT2D eigenvalue weighted by molar-refractivity contribution is 5.69. The van der Waals surface area contributed by atoms with Crippen LogP contribution >= 0.6 is 0 Å². The maximum Gasteiger partial charge on any atom is 0.317 e. The Kier molecular flexibility index (Phi) is 12.3. The summed E-state index contributed by atoms with van der Waals surface area (Å²) in [5.41, 5.74) is 5.51. The summed E-state index contributed by atoms with van der Waals surface area (Å²) < 4.78 is 0. The summed E-state index contributed by atoms with van der Waals surface area (Å²) in [6, 6.07) is 0. The zero-order chi connectivity index (χ0) is 21.6. The van der Waals surface area contributed by atoms with Crippen molar-refractivity contribution in [2.75, 3.05) is 91.8 Å². The van der Waals surface area contributed by atoms with E-state index in [0.717, 1.165) is 0 Å². The van der Waals surface area contributed by atoms with Gasteiger partial charge in [-0.05, 0) is 0 Å². The molecule has 6 N–H and O–H groups in total. The van der Waals surface area contributed by atoms with Crippen molar-refractivity contribution < 1.29 is 29.7 Å². The highest BCUT2D eigenvalue weighted by atomic mass is 16.4. The number of nitrogens with one attached hydrogen (secondary N) is 1. The molecule has 1 rings (SSSR count). The van der Waals surface area contributed by atoms with Gasteiger partial charge in [0, 0.05) is 72.1 Å². The SMILES string of the molecule is NCCNCN1CCN(CC(=O)O)CCN(CC(=O)O)CCN(CC(=O)O)CC1. The van der Waals surface area contributed by atoms with E-state index >= 15 is 0 Å². The second-order valence-corrected chi connectivity index (χ2v) is 7.07. The number of nitrogens with zero attached hydrogens (tertiary/aromatic N) is 4. The van der Waals surface area contributed by atoms with Crippen LogP contribution in [0.25, 0.3) is 0 Å². The molecule has 0 spiro atoms. The molecule has 0 aromatic heterocycles. The van der Waals surface area contributed by atoms with Gasteiger partial charge in [-0.2, -0.15) is 0 Å². The number of nitrogens with two attached hydrogens (primary N) is 1. The highest BCUT2D eigenvalue weighted by Gasteiger charge is 2.19. The van der Waals surface area contributed by atoms with E-state index in [-0.39, 0.29) is 19.6 Å². The molecule has 0 aliphatic carbocycles. The minimum absolute atomic E-state index is 0.115. The molecule has 0 aromatic rings. The van der Waals surface area contributed by atoms with Gasteiger partial charge in [0.15, 0.2) is 0 Å². The third-order valence-corrected chi connectivity index (χ3v) is 4.66. The zero-order valence-corrected chi connectivity index (χ0v) is 16.8. The van der Waals surface area contributed by atoms with Gasteiger partial charge in [-0.1, -0.05) is 0 Å². The van der Waals surface area contributed by atoms with E-state index in [1.807, 2.05) is 0 Å². The Bertz CT molecular complexity index is 491. The Morgan fingerprint density at radius 2 is 0.966 bits per heavy atom. The van der Waals surface area contributed by atoms with Gasteiger partial charge in [0.05, 0.1) is 19.6 Å². The quantitative estimate of drug-likeness (QED) is 0.228. The first-order chi connectivity index (χ1) is 13.8. The Morgan fingerprint density at radius 1 is 0.655 bits per heavy atom. The van der Waals surface area contributed by atoms with Crippen LogP contribution < -0.4 is 11.1 Å². The molecule has 1 fully saturated rings. The van der Waals surface area contributed by atoms with Crippen molar-refractivity contribution in [3.05, 3.63) is 0 Å². The van der Waals surface area contributed by atoms with Crippen LogP contribution in [-0.2, 0) is 14.4 Å². The lowest BCUT2D eigenvalue weighted by molar-refractivity contribution is -0.140. The predicted octanol–water partition coefficient (Wildman–Crippen LogP) is -3.03. The number of carboxylic acid groups (broad SMARTS) is 3. The number of carbonyl (C=O) groups is 3. The second kappa shape index (κ2) is 14.2. The van der Waals surface area contributed by atoms with Crippen molar-refractivity contribution in [1.29, 1.82) is 0 Å². The minimum Gasteiger partial charge on any atom is -0.480 e. The number of hydrogen-bond donors (Lipinski definition) is 5. The molecular formula is C17H34N6O6. The van der Waals surface area contributed by atoms with Crippen molar-refractivity contribution in [3.63, 3.8) is 0 Å². The molecule has 1 aliphatic rings. The fourth-order valence-corrected chi connectivity index (χ4v) is 3.12. The number of carboxylic acids is 3. The lowest BCUT2D eigenvalue weighted by Gasteiger charge is -2.33. The second-order valence-electron chi connectivity index (χ2n) is 7.07. The molecule has 0 atom stereocenters. The van der Waals surface area contributed by atoms with Crippen molar-refractivity contribution in [3.8, 4) is 0 Å². The first-order valence-corrected chi connectivity index (χ1v) is 9.75. The molecule has 0 radical (unpaired) electrons. The van der Waals surface area contributed by atoms with Gasteiger partial charge >= 0.3 is 17.9 Å². The lowest BCUT2D eigenvalue weighted by Crippen LogP contribution is -2.49. The van der Waals surface area contributed by atoms with Gasteiger partial charge in [-0.25, -0.2) is 0 Å². The molecule has 0 saturated carbocycles. The van der Waals surface area contributed by atoms with E-state index in [9.17, 15) is 24.6 Å². The van der Waals surface area contributed by atoms with Crippen molar-refractivity contribution >= 4 is 17.9 Å². The maximum absolute atomic E-state index is 11.2. The molecule has 0 unspecified atom stereocenters. The molecule has 0 aromatic carbocycles. The smallest absolute Gasteiger partial charge is 0.317 e. The first-order valence-electron chi connectivity index (χ1n) is 9.75. The predicted molar refractivity (Wildman–Crippen MR) is 106 cm³/mol. The third-order valence-electron chi connectivity index (χ3n) is 4.66. The lowest BCUT2D eigenvalue weighted by atomic mass is 10.3. The van der Waals surface area contributed by atoms with Crippen LogP contribution in [0, 0.1) is 0 Å². The van der Waals surface area contributed by atoms with Crippen LogP contribution in [0.4, 0.5) is 0 Å². The largest absolute Gasteiger partial charge is 0.480 e. The Labute approximate surface area is 170 Å².